The summed E-state index contributed by atoms with van der Waals surface area (Å²) in [6, 6.07) is 12.1. The van der Waals surface area contributed by atoms with Gasteiger partial charge in [0.15, 0.2) is 0 Å². The van der Waals surface area contributed by atoms with Gasteiger partial charge in [-0.05, 0) is 37.9 Å². The van der Waals surface area contributed by atoms with E-state index in [9.17, 15) is 0 Å². The molecule has 0 radical (unpaired) electrons. The third-order valence-corrected chi connectivity index (χ3v) is 2.89. The Hall–Kier alpha value is -0.670. The van der Waals surface area contributed by atoms with E-state index in [0.717, 1.165) is 20.2 Å². The number of rotatable bonds is 1. The molecule has 0 atom stereocenters. The molecule has 2 aromatic rings. The molecule has 1 heterocycles. The summed E-state index contributed by atoms with van der Waals surface area (Å²) in [6.45, 7) is 0. The van der Waals surface area contributed by atoms with Crippen LogP contribution in [0.2, 0.25) is 0 Å². The Bertz CT molecular complexity index is 440. The summed E-state index contributed by atoms with van der Waals surface area (Å²) in [5, 5.41) is 0. The molecule has 0 unspecified atom stereocenters. The fourth-order valence-corrected chi connectivity index (χ4v) is 2.44. The summed E-state index contributed by atoms with van der Waals surface area (Å²) in [4.78, 5) is 4.35. The van der Waals surface area contributed by atoms with Crippen LogP contribution in [0.25, 0.3) is 11.3 Å². The SMILES string of the molecule is Brc1cnc(-c2ccccc2)c(Br)c1. The summed E-state index contributed by atoms with van der Waals surface area (Å²) in [5.41, 5.74) is 2.08. The van der Waals surface area contributed by atoms with Crippen molar-refractivity contribution >= 4 is 31.9 Å². The van der Waals surface area contributed by atoms with Crippen LogP contribution < -0.4 is 0 Å². The van der Waals surface area contributed by atoms with E-state index in [0.29, 0.717) is 0 Å². The molecule has 1 aromatic heterocycles. The molecule has 2 rings (SSSR count). The molecule has 3 heteroatoms. The first-order valence-corrected chi connectivity index (χ1v) is 5.72. The smallest absolute Gasteiger partial charge is 0.0844 e. The second-order valence-corrected chi connectivity index (χ2v) is 4.62. The molecule has 0 amide bonds. The van der Waals surface area contributed by atoms with E-state index < -0.39 is 0 Å². The van der Waals surface area contributed by atoms with Gasteiger partial charge in [-0.1, -0.05) is 30.3 Å². The topological polar surface area (TPSA) is 12.9 Å². The molecule has 0 saturated carbocycles. The Morgan fingerprint density at radius 1 is 1.00 bits per heavy atom. The lowest BCUT2D eigenvalue weighted by molar-refractivity contribution is 1.29. The van der Waals surface area contributed by atoms with Gasteiger partial charge in [-0.15, -0.1) is 0 Å². The number of aromatic nitrogens is 1. The van der Waals surface area contributed by atoms with Gasteiger partial charge in [-0.3, -0.25) is 4.98 Å². The fourth-order valence-electron chi connectivity index (χ4n) is 1.22. The largest absolute Gasteiger partial charge is 0.254 e. The summed E-state index contributed by atoms with van der Waals surface area (Å²) < 4.78 is 1.97. The third kappa shape index (κ3) is 2.04. The molecule has 1 nitrogen and oxygen atoms in total. The average Bonchev–Trinajstić information content (AvgIpc) is 2.19. The van der Waals surface area contributed by atoms with Crippen molar-refractivity contribution in [2.45, 2.75) is 0 Å². The quantitative estimate of drug-likeness (QED) is 0.766. The van der Waals surface area contributed by atoms with Crippen LogP contribution in [0.4, 0.5) is 0 Å². The summed E-state index contributed by atoms with van der Waals surface area (Å²) in [7, 11) is 0. The van der Waals surface area contributed by atoms with Crippen LogP contribution in [0.5, 0.6) is 0 Å². The van der Waals surface area contributed by atoms with Crippen molar-refractivity contribution in [2.75, 3.05) is 0 Å². The molecule has 0 aliphatic rings. The van der Waals surface area contributed by atoms with Gasteiger partial charge in [0.2, 0.25) is 0 Å². The average molecular weight is 313 g/mol. The van der Waals surface area contributed by atoms with Gasteiger partial charge in [-0.2, -0.15) is 0 Å². The van der Waals surface area contributed by atoms with Crippen molar-refractivity contribution in [3.05, 3.63) is 51.5 Å². The van der Waals surface area contributed by atoms with Crippen molar-refractivity contribution in [2.24, 2.45) is 0 Å². The third-order valence-electron chi connectivity index (χ3n) is 1.86. The van der Waals surface area contributed by atoms with Gasteiger partial charge < -0.3 is 0 Å². The molecule has 0 saturated heterocycles. The van der Waals surface area contributed by atoms with E-state index in [-0.39, 0.29) is 0 Å². The van der Waals surface area contributed by atoms with Crippen molar-refractivity contribution in [3.8, 4) is 11.3 Å². The van der Waals surface area contributed by atoms with Crippen molar-refractivity contribution in [3.63, 3.8) is 0 Å². The van der Waals surface area contributed by atoms with Crippen molar-refractivity contribution in [1.82, 2.24) is 4.98 Å². The van der Waals surface area contributed by atoms with Crippen molar-refractivity contribution in [1.29, 1.82) is 0 Å². The lowest BCUT2D eigenvalue weighted by Crippen LogP contribution is -1.84. The highest BCUT2D eigenvalue weighted by molar-refractivity contribution is 9.11. The predicted octanol–water partition coefficient (Wildman–Crippen LogP) is 4.27. The van der Waals surface area contributed by atoms with Crippen LogP contribution >= 0.6 is 31.9 Å². The van der Waals surface area contributed by atoms with Crippen LogP contribution in [0, 0.1) is 0 Å². The minimum Gasteiger partial charge on any atom is -0.254 e. The normalized spacial score (nSPS) is 10.1. The maximum Gasteiger partial charge on any atom is 0.0844 e. The van der Waals surface area contributed by atoms with Gasteiger partial charge in [0.1, 0.15) is 0 Å². The second kappa shape index (κ2) is 4.24. The van der Waals surface area contributed by atoms with Gasteiger partial charge in [-0.25, -0.2) is 0 Å². The Morgan fingerprint density at radius 2 is 1.71 bits per heavy atom. The van der Waals surface area contributed by atoms with Gasteiger partial charge in [0.05, 0.1) is 5.69 Å². The maximum absolute atomic E-state index is 4.35. The van der Waals surface area contributed by atoms with E-state index >= 15 is 0 Å². The monoisotopic (exact) mass is 311 g/mol. The van der Waals surface area contributed by atoms with Crippen LogP contribution in [-0.2, 0) is 0 Å². The summed E-state index contributed by atoms with van der Waals surface area (Å²) in [5.74, 6) is 0. The van der Waals surface area contributed by atoms with Crippen LogP contribution in [-0.4, -0.2) is 4.98 Å². The second-order valence-electron chi connectivity index (χ2n) is 2.85. The van der Waals surface area contributed by atoms with E-state index in [4.69, 9.17) is 0 Å². The Labute approximate surface area is 99.4 Å². The number of benzene rings is 1. The maximum atomic E-state index is 4.35. The number of hydrogen-bond donors (Lipinski definition) is 0. The molecular formula is C11H7Br2N. The number of nitrogens with zero attached hydrogens (tertiary/aromatic N) is 1. The Morgan fingerprint density at radius 3 is 2.36 bits per heavy atom. The fraction of sp³-hybridized carbons (Fsp3) is 0. The number of pyridine rings is 1. The van der Waals surface area contributed by atoms with Gasteiger partial charge in [0.25, 0.3) is 0 Å². The molecular weight excluding hydrogens is 306 g/mol. The molecule has 0 fully saturated rings. The summed E-state index contributed by atoms with van der Waals surface area (Å²) >= 11 is 6.87. The van der Waals surface area contributed by atoms with E-state index in [1.165, 1.54) is 0 Å². The van der Waals surface area contributed by atoms with Crippen LogP contribution in [0.15, 0.2) is 51.5 Å². The zero-order valence-electron chi connectivity index (χ0n) is 7.24. The van der Waals surface area contributed by atoms with Gasteiger partial charge >= 0.3 is 0 Å². The first-order valence-electron chi connectivity index (χ1n) is 4.14. The van der Waals surface area contributed by atoms with Crippen molar-refractivity contribution < 1.29 is 0 Å². The van der Waals surface area contributed by atoms with Gasteiger partial charge in [0, 0.05) is 20.7 Å². The molecule has 0 aliphatic carbocycles. The van der Waals surface area contributed by atoms with E-state index in [2.05, 4.69) is 36.8 Å². The highest BCUT2D eigenvalue weighted by Gasteiger charge is 2.03. The number of halogens is 2. The molecule has 0 N–H and O–H groups in total. The molecule has 1 aromatic carbocycles. The minimum absolute atomic E-state index is 0.966. The predicted molar refractivity (Wildman–Crippen MR) is 65.1 cm³/mol. The molecule has 0 spiro atoms. The Balaban J connectivity index is 2.53. The van der Waals surface area contributed by atoms with Crippen LogP contribution in [0.1, 0.15) is 0 Å². The lowest BCUT2D eigenvalue weighted by atomic mass is 10.1. The highest BCUT2D eigenvalue weighted by Crippen LogP contribution is 2.27. The first kappa shape index (κ1) is 9.87. The molecule has 0 aliphatic heterocycles. The highest BCUT2D eigenvalue weighted by atomic mass is 79.9. The zero-order chi connectivity index (χ0) is 9.97. The molecule has 70 valence electrons. The van der Waals surface area contributed by atoms with Crippen LogP contribution in [0.3, 0.4) is 0 Å². The number of hydrogen-bond acceptors (Lipinski definition) is 1. The minimum atomic E-state index is 0.966. The Kier molecular flexibility index (Phi) is 2.99. The standard InChI is InChI=1S/C11H7Br2N/c12-9-6-10(13)11(14-7-9)8-4-2-1-3-5-8/h1-7H. The lowest BCUT2D eigenvalue weighted by Gasteiger charge is -2.03. The van der Waals surface area contributed by atoms with E-state index in [1.54, 1.807) is 6.20 Å². The van der Waals surface area contributed by atoms with E-state index in [1.807, 2.05) is 36.4 Å². The summed E-state index contributed by atoms with van der Waals surface area (Å²) in [6.07, 6.45) is 1.80. The molecule has 0 bridgehead atoms. The molecule has 14 heavy (non-hydrogen) atoms. The first-order chi connectivity index (χ1) is 6.77. The zero-order valence-corrected chi connectivity index (χ0v) is 10.4.